The Morgan fingerprint density at radius 2 is 1.77 bits per heavy atom. The van der Waals surface area contributed by atoms with Gasteiger partial charge >= 0.3 is 5.97 Å². The molecule has 0 saturated carbocycles. The van der Waals surface area contributed by atoms with Crippen LogP contribution < -0.4 is 5.56 Å². The third kappa shape index (κ3) is 4.28. The zero-order valence-corrected chi connectivity index (χ0v) is 15.9. The first-order chi connectivity index (χ1) is 12.2. The molecule has 2 rings (SSSR count). The summed E-state index contributed by atoms with van der Waals surface area (Å²) in [5.41, 5.74) is -0.206. The van der Waals surface area contributed by atoms with Gasteiger partial charge in [0.1, 0.15) is 0 Å². The summed E-state index contributed by atoms with van der Waals surface area (Å²) in [6.07, 6.45) is 0. The van der Waals surface area contributed by atoms with E-state index in [-0.39, 0.29) is 35.7 Å². The van der Waals surface area contributed by atoms with E-state index in [1.165, 1.54) is 9.58 Å². The van der Waals surface area contributed by atoms with Crippen LogP contribution in [-0.2, 0) is 16.1 Å². The van der Waals surface area contributed by atoms with Crippen molar-refractivity contribution in [1.82, 2.24) is 14.7 Å². The highest BCUT2D eigenvalue weighted by molar-refractivity contribution is 6.02. The Morgan fingerprint density at radius 3 is 2.35 bits per heavy atom. The Labute approximate surface area is 152 Å². The summed E-state index contributed by atoms with van der Waals surface area (Å²) >= 11 is 0. The average Bonchev–Trinajstić information content (AvgIpc) is 2.60. The molecular weight excluding hydrogens is 334 g/mol. The molecule has 26 heavy (non-hydrogen) atoms. The number of benzene rings is 1. The number of hydrogen-bond donors (Lipinski definition) is 0. The number of fused-ring (bicyclic) bond motifs is 1. The molecule has 0 bridgehead atoms. The quantitative estimate of drug-likeness (QED) is 0.738. The number of rotatable bonds is 6. The van der Waals surface area contributed by atoms with Crippen LogP contribution in [0.5, 0.6) is 0 Å². The van der Waals surface area contributed by atoms with Crippen LogP contribution in [0.25, 0.3) is 10.8 Å². The molecule has 7 heteroatoms. The molecule has 1 heterocycles. The summed E-state index contributed by atoms with van der Waals surface area (Å²) in [7, 11) is 1.65. The van der Waals surface area contributed by atoms with E-state index >= 15 is 0 Å². The molecular formula is C19H25N3O4. The van der Waals surface area contributed by atoms with Crippen LogP contribution in [0.4, 0.5) is 0 Å². The number of hydrogen-bond acceptors (Lipinski definition) is 5. The predicted molar refractivity (Wildman–Crippen MR) is 99.0 cm³/mol. The third-order valence-electron chi connectivity index (χ3n) is 4.09. The van der Waals surface area contributed by atoms with Gasteiger partial charge in [-0.3, -0.25) is 9.59 Å². The van der Waals surface area contributed by atoms with Crippen molar-refractivity contribution in [3.63, 3.8) is 0 Å². The van der Waals surface area contributed by atoms with E-state index in [1.807, 2.05) is 27.7 Å². The van der Waals surface area contributed by atoms with Crippen molar-refractivity contribution < 1.29 is 14.3 Å². The zero-order chi connectivity index (χ0) is 19.4. The lowest BCUT2D eigenvalue weighted by atomic mass is 10.1. The Kier molecular flexibility index (Phi) is 6.13. The van der Waals surface area contributed by atoms with Gasteiger partial charge < -0.3 is 9.64 Å². The summed E-state index contributed by atoms with van der Waals surface area (Å²) < 4.78 is 6.44. The maximum atomic E-state index is 12.6. The number of amides is 1. The highest BCUT2D eigenvalue weighted by Crippen LogP contribution is 2.15. The van der Waals surface area contributed by atoms with E-state index < -0.39 is 5.97 Å². The topological polar surface area (TPSA) is 81.5 Å². The number of ether oxygens (including phenoxy) is 1. The molecule has 0 aliphatic heterocycles. The molecule has 0 saturated heterocycles. The fourth-order valence-electron chi connectivity index (χ4n) is 2.44. The number of likely N-dealkylation sites (N-methyl/N-ethyl adjacent to an activating group) is 1. The molecule has 0 aliphatic carbocycles. The maximum Gasteiger partial charge on any atom is 0.359 e. The molecule has 0 fully saturated rings. The molecule has 0 aliphatic rings. The Morgan fingerprint density at radius 1 is 1.15 bits per heavy atom. The Balaban J connectivity index is 2.35. The predicted octanol–water partition coefficient (Wildman–Crippen LogP) is 2.08. The molecule has 0 radical (unpaired) electrons. The fraction of sp³-hybridized carbons (Fsp3) is 0.474. The number of aromatic nitrogens is 2. The minimum atomic E-state index is -0.718. The Hall–Kier alpha value is -2.70. The van der Waals surface area contributed by atoms with Gasteiger partial charge in [0.15, 0.2) is 12.3 Å². The smallest absolute Gasteiger partial charge is 0.359 e. The van der Waals surface area contributed by atoms with Crippen molar-refractivity contribution in [3.8, 4) is 0 Å². The highest BCUT2D eigenvalue weighted by atomic mass is 16.5. The normalized spacial score (nSPS) is 11.2. The summed E-state index contributed by atoms with van der Waals surface area (Å²) in [5.74, 6) is -0.830. The fourth-order valence-corrected chi connectivity index (χ4v) is 2.44. The first-order valence-corrected chi connectivity index (χ1v) is 8.65. The second kappa shape index (κ2) is 8.12. The number of esters is 1. The SMILES string of the molecule is CC(C)Cn1nc(C(=O)OCC(=O)N(C)C(C)C)c2ccccc2c1=O. The van der Waals surface area contributed by atoms with Crippen molar-refractivity contribution in [2.45, 2.75) is 40.3 Å². The van der Waals surface area contributed by atoms with E-state index in [2.05, 4.69) is 5.10 Å². The van der Waals surface area contributed by atoms with Crippen LogP contribution >= 0.6 is 0 Å². The lowest BCUT2D eigenvalue weighted by molar-refractivity contribution is -0.134. The maximum absolute atomic E-state index is 12.6. The van der Waals surface area contributed by atoms with Gasteiger partial charge in [-0.1, -0.05) is 32.0 Å². The average molecular weight is 359 g/mol. The summed E-state index contributed by atoms with van der Waals surface area (Å²) in [6.45, 7) is 7.68. The zero-order valence-electron chi connectivity index (χ0n) is 15.9. The van der Waals surface area contributed by atoms with Crippen LogP contribution in [-0.4, -0.2) is 46.3 Å². The van der Waals surface area contributed by atoms with Crippen LogP contribution in [0, 0.1) is 5.92 Å². The van der Waals surface area contributed by atoms with Crippen molar-refractivity contribution in [2.75, 3.05) is 13.7 Å². The van der Waals surface area contributed by atoms with E-state index in [0.29, 0.717) is 17.3 Å². The molecule has 0 unspecified atom stereocenters. The number of carbonyl (C=O) groups is 2. The number of nitrogens with zero attached hydrogens (tertiary/aromatic N) is 3. The first kappa shape index (κ1) is 19.6. The largest absolute Gasteiger partial charge is 0.451 e. The van der Waals surface area contributed by atoms with Crippen molar-refractivity contribution >= 4 is 22.6 Å². The minimum Gasteiger partial charge on any atom is -0.451 e. The van der Waals surface area contributed by atoms with Crippen molar-refractivity contribution in [3.05, 3.63) is 40.3 Å². The lowest BCUT2D eigenvalue weighted by Crippen LogP contribution is -2.36. The van der Waals surface area contributed by atoms with Gasteiger partial charge in [0.05, 0.1) is 5.39 Å². The molecule has 0 atom stereocenters. The molecule has 7 nitrogen and oxygen atoms in total. The van der Waals surface area contributed by atoms with E-state index in [4.69, 9.17) is 4.74 Å². The molecule has 1 amide bonds. The van der Waals surface area contributed by atoms with Crippen LogP contribution in [0.3, 0.4) is 0 Å². The van der Waals surface area contributed by atoms with Crippen LogP contribution in [0.15, 0.2) is 29.1 Å². The van der Waals surface area contributed by atoms with Gasteiger partial charge in [0.2, 0.25) is 0 Å². The van der Waals surface area contributed by atoms with Gasteiger partial charge in [-0.2, -0.15) is 5.10 Å². The molecule has 0 spiro atoms. The van der Waals surface area contributed by atoms with Crippen molar-refractivity contribution in [2.24, 2.45) is 5.92 Å². The molecule has 1 aromatic heterocycles. The standard InChI is InChI=1S/C19H25N3O4/c1-12(2)10-22-18(24)15-9-7-6-8-14(15)17(20-22)19(25)26-11-16(23)21(5)13(3)4/h6-9,12-13H,10-11H2,1-5H3. The molecule has 1 aromatic carbocycles. The minimum absolute atomic E-state index is 0.00750. The van der Waals surface area contributed by atoms with Crippen molar-refractivity contribution in [1.29, 1.82) is 0 Å². The summed E-state index contributed by atoms with van der Waals surface area (Å²) in [5, 5.41) is 5.03. The lowest BCUT2D eigenvalue weighted by Gasteiger charge is -2.21. The second-order valence-corrected chi connectivity index (χ2v) is 6.95. The summed E-state index contributed by atoms with van der Waals surface area (Å²) in [4.78, 5) is 38.6. The number of carbonyl (C=O) groups excluding carboxylic acids is 2. The van der Waals surface area contributed by atoms with Gasteiger partial charge in [0.25, 0.3) is 11.5 Å². The van der Waals surface area contributed by atoms with Gasteiger partial charge in [-0.15, -0.1) is 0 Å². The van der Waals surface area contributed by atoms with Gasteiger partial charge in [0, 0.05) is 25.0 Å². The molecule has 2 aromatic rings. The van der Waals surface area contributed by atoms with E-state index in [9.17, 15) is 14.4 Å². The van der Waals surface area contributed by atoms with E-state index in [0.717, 1.165) is 0 Å². The molecule has 0 N–H and O–H groups in total. The van der Waals surface area contributed by atoms with Gasteiger partial charge in [-0.05, 0) is 25.8 Å². The van der Waals surface area contributed by atoms with Crippen LogP contribution in [0.1, 0.15) is 38.2 Å². The van der Waals surface area contributed by atoms with Crippen LogP contribution in [0.2, 0.25) is 0 Å². The third-order valence-corrected chi connectivity index (χ3v) is 4.09. The monoisotopic (exact) mass is 359 g/mol. The summed E-state index contributed by atoms with van der Waals surface area (Å²) in [6, 6.07) is 6.78. The highest BCUT2D eigenvalue weighted by Gasteiger charge is 2.20. The first-order valence-electron chi connectivity index (χ1n) is 8.65. The van der Waals surface area contributed by atoms with Gasteiger partial charge in [-0.25, -0.2) is 9.48 Å². The molecule has 140 valence electrons. The second-order valence-electron chi connectivity index (χ2n) is 6.95. The van der Waals surface area contributed by atoms with E-state index in [1.54, 1.807) is 31.3 Å². The Bertz CT molecular complexity index is 871.